The van der Waals surface area contributed by atoms with Crippen molar-refractivity contribution in [2.75, 3.05) is 62.2 Å². The van der Waals surface area contributed by atoms with Crippen molar-refractivity contribution in [1.29, 1.82) is 0 Å². The Balaban J connectivity index is 0.812. The van der Waals surface area contributed by atoms with Crippen molar-refractivity contribution in [3.8, 4) is 11.5 Å². The van der Waals surface area contributed by atoms with Crippen molar-refractivity contribution < 1.29 is 37.4 Å². The van der Waals surface area contributed by atoms with Crippen molar-refractivity contribution in [1.82, 2.24) is 15.1 Å². The molecular formula is C45H46F3N5O5. The molecule has 9 rings (SSSR count). The molecule has 4 aromatic rings. The third-order valence-electron chi connectivity index (χ3n) is 12.9. The number of hydrogen-bond donors (Lipinski definition) is 2. The molecule has 5 heterocycles. The van der Waals surface area contributed by atoms with Gasteiger partial charge >= 0.3 is 0 Å². The quantitative estimate of drug-likeness (QED) is 0.213. The van der Waals surface area contributed by atoms with Crippen LogP contribution < -0.4 is 19.9 Å². The molecular weight excluding hydrogens is 748 g/mol. The fraction of sp³-hybridized carbons (Fsp3) is 0.400. The third-order valence-corrected chi connectivity index (χ3v) is 12.9. The lowest BCUT2D eigenvalue weighted by molar-refractivity contribution is -0.136. The minimum absolute atomic E-state index is 0.0913. The monoisotopic (exact) mass is 793 g/mol. The van der Waals surface area contributed by atoms with E-state index in [2.05, 4.69) is 15.1 Å². The van der Waals surface area contributed by atoms with E-state index < -0.39 is 17.8 Å². The van der Waals surface area contributed by atoms with Gasteiger partial charge in [-0.1, -0.05) is 24.3 Å². The van der Waals surface area contributed by atoms with Gasteiger partial charge in [-0.3, -0.25) is 24.6 Å². The molecule has 10 nitrogen and oxygen atoms in total. The summed E-state index contributed by atoms with van der Waals surface area (Å²) in [6, 6.07) is 17.8. The van der Waals surface area contributed by atoms with E-state index in [4.69, 9.17) is 4.74 Å². The number of hydrogen-bond acceptors (Lipinski definition) is 8. The van der Waals surface area contributed by atoms with Crippen LogP contribution in [0.1, 0.15) is 75.7 Å². The van der Waals surface area contributed by atoms with E-state index in [1.165, 1.54) is 17.0 Å². The van der Waals surface area contributed by atoms with E-state index in [1.807, 2.05) is 29.2 Å². The Labute approximate surface area is 335 Å². The molecule has 13 heteroatoms. The van der Waals surface area contributed by atoms with Crippen LogP contribution in [0.2, 0.25) is 0 Å². The van der Waals surface area contributed by atoms with Crippen LogP contribution in [0, 0.1) is 30.3 Å². The Kier molecular flexibility index (Phi) is 10.0. The number of aromatic hydroxyl groups is 1. The predicted octanol–water partition coefficient (Wildman–Crippen LogP) is 6.23. The topological polar surface area (TPSA) is 106 Å². The van der Waals surface area contributed by atoms with Crippen LogP contribution in [0.5, 0.6) is 11.5 Å². The molecule has 3 atom stereocenters. The van der Waals surface area contributed by atoms with E-state index in [0.29, 0.717) is 53.9 Å². The molecule has 3 fully saturated rings. The summed E-state index contributed by atoms with van der Waals surface area (Å²) >= 11 is 0. The van der Waals surface area contributed by atoms with Crippen LogP contribution >= 0.6 is 0 Å². The number of carbonyl (C=O) groups is 3. The zero-order chi connectivity index (χ0) is 40.2. The van der Waals surface area contributed by atoms with Crippen LogP contribution in [0.15, 0.2) is 66.7 Å². The number of ether oxygens (including phenoxy) is 1. The number of halogens is 3. The van der Waals surface area contributed by atoms with E-state index in [9.17, 15) is 23.9 Å². The van der Waals surface area contributed by atoms with Crippen LogP contribution in [-0.2, 0) is 16.1 Å². The van der Waals surface area contributed by atoms with Gasteiger partial charge in [0.15, 0.2) is 0 Å². The van der Waals surface area contributed by atoms with Gasteiger partial charge in [0.05, 0.1) is 18.0 Å². The summed E-state index contributed by atoms with van der Waals surface area (Å²) in [5.74, 6) is -1.61. The van der Waals surface area contributed by atoms with Crippen LogP contribution in [0.3, 0.4) is 0 Å². The summed E-state index contributed by atoms with van der Waals surface area (Å²) in [4.78, 5) is 45.2. The molecule has 58 heavy (non-hydrogen) atoms. The Bertz CT molecular complexity index is 2290. The van der Waals surface area contributed by atoms with Crippen molar-refractivity contribution in [3.63, 3.8) is 0 Å². The summed E-state index contributed by atoms with van der Waals surface area (Å²) in [5.41, 5.74) is 5.06. The highest BCUT2D eigenvalue weighted by Gasteiger charge is 2.40. The van der Waals surface area contributed by atoms with Gasteiger partial charge in [0, 0.05) is 87.8 Å². The normalized spacial score (nSPS) is 22.8. The van der Waals surface area contributed by atoms with Crippen LogP contribution in [0.25, 0.3) is 0 Å². The lowest BCUT2D eigenvalue weighted by atomic mass is 9.75. The molecule has 0 radical (unpaired) electrons. The molecule has 3 amide bonds. The molecule has 2 unspecified atom stereocenters. The van der Waals surface area contributed by atoms with Crippen LogP contribution in [0.4, 0.5) is 24.5 Å². The third kappa shape index (κ3) is 7.14. The number of carbonyl (C=O) groups excluding carboxylic acids is 3. The first kappa shape index (κ1) is 38.0. The molecule has 0 saturated carbocycles. The van der Waals surface area contributed by atoms with Gasteiger partial charge in [-0.2, -0.15) is 0 Å². The first-order chi connectivity index (χ1) is 28.0. The largest absolute Gasteiger partial charge is 0.508 e. The second-order valence-corrected chi connectivity index (χ2v) is 16.4. The van der Waals surface area contributed by atoms with E-state index in [0.717, 1.165) is 62.3 Å². The van der Waals surface area contributed by atoms with Gasteiger partial charge in [0.25, 0.3) is 5.91 Å². The first-order valence-corrected chi connectivity index (χ1v) is 20.2. The summed E-state index contributed by atoms with van der Waals surface area (Å²) in [6.07, 6.45) is 2.25. The molecule has 4 aromatic carbocycles. The second-order valence-electron chi connectivity index (χ2n) is 16.4. The number of fused-ring (bicyclic) bond motifs is 2. The van der Waals surface area contributed by atoms with Crippen molar-refractivity contribution in [3.05, 3.63) is 118 Å². The number of aryl methyl sites for hydroxylation is 1. The standard InChI is InChI=1S/C45H46F3N5O5/c1-26-18-28(2-6-35(26)46)34-25-58-41-21-31(54)4-5-32(41)43(34)29-3-7-38(36(47)19-29)51-12-10-27(11-13-51)23-50-14-16-52(17-15-50)40-20-30-24-53(45(57)33(30)22-37(40)48)39-8-9-42(55)49-44(39)56/h2-7,18-22,27,34,39,43,54H,8-17,23-25H2,1H3,(H,49,55,56)/t34?,39-,43?/m0/s1. The molecule has 0 bridgehead atoms. The average Bonchev–Trinajstić information content (AvgIpc) is 3.52. The molecule has 2 N–H and O–H groups in total. The number of imide groups is 1. The summed E-state index contributed by atoms with van der Waals surface area (Å²) in [7, 11) is 0. The number of piperidine rings is 2. The zero-order valence-electron chi connectivity index (χ0n) is 32.4. The predicted molar refractivity (Wildman–Crippen MR) is 212 cm³/mol. The van der Waals surface area contributed by atoms with Gasteiger partial charge in [0.2, 0.25) is 11.8 Å². The fourth-order valence-electron chi connectivity index (χ4n) is 9.68. The highest BCUT2D eigenvalue weighted by molar-refractivity contribution is 6.05. The van der Waals surface area contributed by atoms with E-state index >= 15 is 8.78 Å². The molecule has 0 aromatic heterocycles. The number of nitrogens with one attached hydrogen (secondary N) is 1. The molecule has 3 saturated heterocycles. The highest BCUT2D eigenvalue weighted by Crippen LogP contribution is 2.48. The van der Waals surface area contributed by atoms with E-state index in [1.54, 1.807) is 37.3 Å². The number of anilines is 2. The number of amides is 3. The number of rotatable bonds is 7. The Morgan fingerprint density at radius 1 is 0.776 bits per heavy atom. The SMILES string of the molecule is Cc1cc(C2COc3cc(O)ccc3C2c2ccc(N3CCC(CN4CCN(c5cc6c(cc5F)C(=O)N([C@H]5CCC(=O)NC5=O)C6)CC4)CC3)c(F)c2)ccc1F. The minimum Gasteiger partial charge on any atom is -0.508 e. The summed E-state index contributed by atoms with van der Waals surface area (Å²) in [6.45, 7) is 7.41. The Morgan fingerprint density at radius 3 is 2.26 bits per heavy atom. The van der Waals surface area contributed by atoms with Crippen molar-refractivity contribution in [2.24, 2.45) is 5.92 Å². The van der Waals surface area contributed by atoms with Crippen LogP contribution in [-0.4, -0.2) is 91.1 Å². The smallest absolute Gasteiger partial charge is 0.255 e. The van der Waals surface area contributed by atoms with Gasteiger partial charge in [-0.15, -0.1) is 0 Å². The second kappa shape index (κ2) is 15.3. The van der Waals surface area contributed by atoms with Gasteiger partial charge < -0.3 is 24.5 Å². The van der Waals surface area contributed by atoms with Gasteiger partial charge in [-0.25, -0.2) is 13.2 Å². The number of piperazine rings is 1. The van der Waals surface area contributed by atoms with Crippen molar-refractivity contribution >= 4 is 29.1 Å². The Hall–Kier alpha value is -5.56. The van der Waals surface area contributed by atoms with E-state index in [-0.39, 0.29) is 66.0 Å². The summed E-state index contributed by atoms with van der Waals surface area (Å²) < 4.78 is 51.9. The first-order valence-electron chi connectivity index (χ1n) is 20.2. The maximum Gasteiger partial charge on any atom is 0.255 e. The fourth-order valence-corrected chi connectivity index (χ4v) is 9.68. The number of benzene rings is 4. The highest BCUT2D eigenvalue weighted by atomic mass is 19.1. The number of phenolic OH excluding ortho intramolecular Hbond substituents is 1. The maximum absolute atomic E-state index is 16.1. The average molecular weight is 794 g/mol. The molecule has 0 spiro atoms. The maximum atomic E-state index is 16.1. The summed E-state index contributed by atoms with van der Waals surface area (Å²) in [5, 5.41) is 12.5. The lowest BCUT2D eigenvalue weighted by Gasteiger charge is -2.40. The molecule has 0 aliphatic carbocycles. The Morgan fingerprint density at radius 2 is 1.52 bits per heavy atom. The van der Waals surface area contributed by atoms with Gasteiger partial charge in [-0.05, 0) is 90.8 Å². The van der Waals surface area contributed by atoms with Crippen molar-refractivity contribution in [2.45, 2.75) is 57.0 Å². The zero-order valence-corrected chi connectivity index (χ0v) is 32.4. The molecule has 5 aliphatic heterocycles. The molecule has 5 aliphatic rings. The lowest BCUT2D eigenvalue weighted by Crippen LogP contribution is -2.52. The van der Waals surface area contributed by atoms with Gasteiger partial charge in [0.1, 0.15) is 35.0 Å². The number of nitrogens with zero attached hydrogens (tertiary/aromatic N) is 4. The number of phenols is 1. The molecule has 302 valence electrons. The minimum atomic E-state index is -0.745.